The van der Waals surface area contributed by atoms with Crippen molar-refractivity contribution < 1.29 is 9.59 Å². The molecule has 0 unspecified atom stereocenters. The highest BCUT2D eigenvalue weighted by Crippen LogP contribution is 2.40. The Morgan fingerprint density at radius 1 is 0.593 bits per heavy atom. The number of halogens is 2. The van der Waals surface area contributed by atoms with Crippen molar-refractivity contribution in [3.05, 3.63) is 164 Å². The van der Waals surface area contributed by atoms with Gasteiger partial charge in [0.05, 0.1) is 11.4 Å². The Morgan fingerprint density at radius 3 is 1.48 bits per heavy atom. The Bertz CT molecular complexity index is 2400. The van der Waals surface area contributed by atoms with Gasteiger partial charge in [-0.1, -0.05) is 54.1 Å². The Balaban J connectivity index is 1.16. The molecule has 0 spiro atoms. The Kier molecular flexibility index (Phi) is 11.1. The zero-order valence-electron chi connectivity index (χ0n) is 28.5. The summed E-state index contributed by atoms with van der Waals surface area (Å²) < 4.78 is 1.68. The molecule has 0 saturated carbocycles. The van der Waals surface area contributed by atoms with Crippen LogP contribution in [0, 0.1) is 6.92 Å². The van der Waals surface area contributed by atoms with Gasteiger partial charge in [-0.3, -0.25) is 31.3 Å². The summed E-state index contributed by atoms with van der Waals surface area (Å²) in [6.45, 7) is 2.05. The predicted molar refractivity (Wildman–Crippen MR) is 231 cm³/mol. The van der Waals surface area contributed by atoms with Gasteiger partial charge in [-0.15, -0.1) is 0 Å². The molecule has 0 radical (unpaired) electrons. The molecule has 10 nitrogen and oxygen atoms in total. The SMILES string of the molecule is Cc1ccc(C(c2c[nH]c3ccc(C(=O)NNC(=S)Nc4ccccc4Br)cc23)c2c[nH]c3ccc(C(=O)NNC(=S)Nc4ccccc4Br)cc23)cc1. The highest BCUT2D eigenvalue weighted by Gasteiger charge is 2.25. The molecule has 14 heteroatoms. The number of aromatic nitrogens is 2. The summed E-state index contributed by atoms with van der Waals surface area (Å²) in [5.41, 5.74) is 19.2. The molecule has 270 valence electrons. The fraction of sp³-hybridized carbons (Fsp3) is 0.0500. The van der Waals surface area contributed by atoms with Gasteiger partial charge >= 0.3 is 0 Å². The van der Waals surface area contributed by atoms with Crippen LogP contribution in [0.25, 0.3) is 21.8 Å². The summed E-state index contributed by atoms with van der Waals surface area (Å²) >= 11 is 17.8. The van der Waals surface area contributed by atoms with E-state index in [4.69, 9.17) is 24.4 Å². The number of rotatable bonds is 7. The Labute approximate surface area is 338 Å². The molecular formula is C40H32Br2N8O2S2. The number of fused-ring (bicyclic) bond motifs is 2. The number of aromatic amines is 2. The number of carbonyl (C=O) groups is 2. The second-order valence-electron chi connectivity index (χ2n) is 12.4. The molecule has 7 aromatic rings. The van der Waals surface area contributed by atoms with Gasteiger partial charge in [-0.2, -0.15) is 0 Å². The third-order valence-electron chi connectivity index (χ3n) is 8.81. The largest absolute Gasteiger partial charge is 0.361 e. The molecule has 7 rings (SSSR count). The highest BCUT2D eigenvalue weighted by atomic mass is 79.9. The minimum Gasteiger partial charge on any atom is -0.361 e. The van der Waals surface area contributed by atoms with Crippen molar-refractivity contribution in [1.29, 1.82) is 0 Å². The summed E-state index contributed by atoms with van der Waals surface area (Å²) in [6.07, 6.45) is 3.95. The molecule has 8 N–H and O–H groups in total. The zero-order chi connectivity index (χ0) is 37.8. The van der Waals surface area contributed by atoms with Crippen LogP contribution in [-0.4, -0.2) is 32.0 Å². The molecule has 2 amide bonds. The Morgan fingerprint density at radius 2 is 1.04 bits per heavy atom. The lowest BCUT2D eigenvalue weighted by Crippen LogP contribution is -2.43. The van der Waals surface area contributed by atoms with Crippen molar-refractivity contribution in [3.63, 3.8) is 0 Å². The first-order valence-electron chi connectivity index (χ1n) is 16.7. The number of hydrazine groups is 2. The average molecular weight is 881 g/mol. The second-order valence-corrected chi connectivity index (χ2v) is 14.9. The molecular weight excluding hydrogens is 848 g/mol. The number of H-pyrrole nitrogens is 2. The van der Waals surface area contributed by atoms with Crippen LogP contribution in [0.1, 0.15) is 48.9 Å². The molecule has 0 atom stereocenters. The van der Waals surface area contributed by atoms with Gasteiger partial charge in [-0.25, -0.2) is 0 Å². The summed E-state index contributed by atoms with van der Waals surface area (Å²) in [6, 6.07) is 34.5. The lowest BCUT2D eigenvalue weighted by Gasteiger charge is -2.18. The third kappa shape index (κ3) is 8.16. The van der Waals surface area contributed by atoms with E-state index in [0.29, 0.717) is 11.1 Å². The molecule has 0 bridgehead atoms. The lowest BCUT2D eigenvalue weighted by molar-refractivity contribution is 0.0936. The zero-order valence-corrected chi connectivity index (χ0v) is 33.3. The van der Waals surface area contributed by atoms with E-state index in [2.05, 4.69) is 98.4 Å². The minimum absolute atomic E-state index is 0.237. The van der Waals surface area contributed by atoms with E-state index >= 15 is 0 Å². The summed E-state index contributed by atoms with van der Waals surface area (Å²) in [4.78, 5) is 33.6. The maximum atomic E-state index is 13.4. The summed E-state index contributed by atoms with van der Waals surface area (Å²) in [7, 11) is 0. The number of amides is 2. The van der Waals surface area contributed by atoms with Crippen LogP contribution in [0.5, 0.6) is 0 Å². The van der Waals surface area contributed by atoms with Crippen molar-refractivity contribution in [2.75, 3.05) is 10.6 Å². The van der Waals surface area contributed by atoms with Gasteiger partial charge < -0.3 is 20.6 Å². The maximum Gasteiger partial charge on any atom is 0.269 e. The Hall–Kier alpha value is -5.54. The van der Waals surface area contributed by atoms with Crippen molar-refractivity contribution in [1.82, 2.24) is 31.7 Å². The van der Waals surface area contributed by atoms with Crippen LogP contribution in [0.4, 0.5) is 11.4 Å². The number of para-hydroxylation sites is 2. The van der Waals surface area contributed by atoms with E-state index in [0.717, 1.165) is 64.4 Å². The molecule has 0 aliphatic rings. The molecule has 0 fully saturated rings. The van der Waals surface area contributed by atoms with E-state index in [1.54, 1.807) is 12.1 Å². The van der Waals surface area contributed by atoms with Crippen molar-refractivity contribution in [3.8, 4) is 0 Å². The smallest absolute Gasteiger partial charge is 0.269 e. The number of anilines is 2. The van der Waals surface area contributed by atoms with E-state index in [1.165, 1.54) is 0 Å². The lowest BCUT2D eigenvalue weighted by atomic mass is 9.84. The molecule has 0 aliphatic heterocycles. The molecule has 0 aliphatic carbocycles. The van der Waals surface area contributed by atoms with E-state index in [9.17, 15) is 9.59 Å². The van der Waals surface area contributed by atoms with Crippen LogP contribution in [0.3, 0.4) is 0 Å². The first kappa shape index (κ1) is 36.8. The minimum atomic E-state index is -0.352. The third-order valence-corrected chi connectivity index (χ3v) is 10.6. The van der Waals surface area contributed by atoms with Crippen molar-refractivity contribution in [2.24, 2.45) is 0 Å². The van der Waals surface area contributed by atoms with Crippen LogP contribution >= 0.6 is 56.3 Å². The fourth-order valence-corrected chi connectivity index (χ4v) is 7.22. The normalized spacial score (nSPS) is 11.0. The van der Waals surface area contributed by atoms with E-state index in [-0.39, 0.29) is 28.0 Å². The average Bonchev–Trinajstić information content (AvgIpc) is 3.79. The first-order valence-corrected chi connectivity index (χ1v) is 19.1. The van der Waals surface area contributed by atoms with Crippen LogP contribution in [0.15, 0.2) is 131 Å². The molecule has 0 saturated heterocycles. The number of benzene rings is 5. The summed E-state index contributed by atoms with van der Waals surface area (Å²) in [5.74, 6) is -0.965. The van der Waals surface area contributed by atoms with E-state index < -0.39 is 0 Å². The summed E-state index contributed by atoms with van der Waals surface area (Å²) in [5, 5.41) is 8.35. The van der Waals surface area contributed by atoms with Crippen LogP contribution in [-0.2, 0) is 0 Å². The second kappa shape index (κ2) is 16.2. The van der Waals surface area contributed by atoms with Gasteiger partial charge in [0.15, 0.2) is 10.2 Å². The molecule has 2 heterocycles. The fourth-order valence-electron chi connectivity index (χ4n) is 6.13. The van der Waals surface area contributed by atoms with Crippen molar-refractivity contribution >= 4 is 112 Å². The molecule has 54 heavy (non-hydrogen) atoms. The quantitative estimate of drug-likeness (QED) is 0.0588. The monoisotopic (exact) mass is 878 g/mol. The number of hydrogen-bond acceptors (Lipinski definition) is 4. The number of thiocarbonyl (C=S) groups is 2. The van der Waals surface area contributed by atoms with Crippen molar-refractivity contribution in [2.45, 2.75) is 12.8 Å². The van der Waals surface area contributed by atoms with Gasteiger partial charge in [0.2, 0.25) is 0 Å². The maximum absolute atomic E-state index is 13.4. The van der Waals surface area contributed by atoms with Gasteiger partial charge in [0.1, 0.15) is 0 Å². The van der Waals surface area contributed by atoms with Crippen LogP contribution < -0.4 is 32.3 Å². The standard InChI is InChI=1S/C40H32Br2N8O2S2/c1-22-10-12-23(13-11-22)36(28-20-43-32-16-14-24(18-26(28)32)37(51)47-49-39(53)45-34-8-4-2-6-30(34)41)29-21-44-33-17-15-25(19-27(29)33)38(52)48-50-40(54)46-35-9-5-3-7-31(35)42/h2-21,36,43-44H,1H3,(H,47,51)(H,48,52)(H2,45,49,53)(H2,46,50,54). The van der Waals surface area contributed by atoms with Gasteiger partial charge in [-0.05, 0) is 141 Å². The number of hydrogen-bond donors (Lipinski definition) is 8. The van der Waals surface area contributed by atoms with E-state index in [1.807, 2.05) is 92.1 Å². The first-order chi connectivity index (χ1) is 26.1. The number of nitrogens with one attached hydrogen (secondary N) is 8. The van der Waals surface area contributed by atoms with Crippen LogP contribution in [0.2, 0.25) is 0 Å². The number of carbonyl (C=O) groups excluding carboxylic acids is 2. The molecule has 5 aromatic carbocycles. The van der Waals surface area contributed by atoms with Gasteiger partial charge in [0, 0.05) is 60.2 Å². The molecule has 2 aromatic heterocycles. The van der Waals surface area contributed by atoms with Gasteiger partial charge in [0.25, 0.3) is 11.8 Å². The topological polar surface area (TPSA) is 138 Å². The highest BCUT2D eigenvalue weighted by molar-refractivity contribution is 9.11. The predicted octanol–water partition coefficient (Wildman–Crippen LogP) is 8.93. The number of aryl methyl sites for hydroxylation is 1.